The van der Waals surface area contributed by atoms with Crippen molar-refractivity contribution in [2.45, 2.75) is 18.9 Å². The molecule has 1 amide bonds. The number of hydrogen-bond acceptors (Lipinski definition) is 4. The van der Waals surface area contributed by atoms with E-state index in [0.29, 0.717) is 24.7 Å². The lowest BCUT2D eigenvalue weighted by Gasteiger charge is -2.35. The second-order valence-corrected chi connectivity index (χ2v) is 6.34. The van der Waals surface area contributed by atoms with Gasteiger partial charge in [-0.25, -0.2) is 9.37 Å². The van der Waals surface area contributed by atoms with Crippen molar-refractivity contribution in [3.63, 3.8) is 0 Å². The number of benzene rings is 1. The zero-order valence-corrected chi connectivity index (χ0v) is 14.4. The second kappa shape index (κ2) is 7.23. The molecule has 1 aromatic heterocycles. The molecule has 2 unspecified atom stereocenters. The Morgan fingerprint density at radius 3 is 2.92 bits per heavy atom. The Labute approximate surface area is 145 Å². The van der Waals surface area contributed by atoms with E-state index < -0.39 is 11.9 Å². The van der Waals surface area contributed by atoms with Gasteiger partial charge in [-0.15, -0.1) is 0 Å². The van der Waals surface area contributed by atoms with Crippen LogP contribution >= 0.6 is 0 Å². The van der Waals surface area contributed by atoms with Crippen LogP contribution in [0.15, 0.2) is 30.6 Å². The number of nitrogens with zero attached hydrogens (tertiary/aromatic N) is 3. The summed E-state index contributed by atoms with van der Waals surface area (Å²) in [7, 11) is 3.27. The van der Waals surface area contributed by atoms with Gasteiger partial charge in [0.15, 0.2) is 0 Å². The van der Waals surface area contributed by atoms with E-state index in [-0.39, 0.29) is 17.4 Å². The van der Waals surface area contributed by atoms with E-state index in [4.69, 9.17) is 4.74 Å². The molecule has 1 aromatic carbocycles. The molecule has 2 atom stereocenters. The number of aryl methyl sites for hydroxylation is 1. The minimum Gasteiger partial charge on any atom is -0.497 e. The van der Waals surface area contributed by atoms with Crippen molar-refractivity contribution in [2.75, 3.05) is 20.2 Å². The number of methoxy groups -OCH3 is 1. The fourth-order valence-corrected chi connectivity index (χ4v) is 3.29. The normalized spacial score (nSPS) is 18.9. The minimum atomic E-state index is -0.753. The number of halogens is 1. The molecule has 25 heavy (non-hydrogen) atoms. The summed E-state index contributed by atoms with van der Waals surface area (Å²) in [6.07, 6.45) is 4.21. The molecule has 0 bridgehead atoms. The third kappa shape index (κ3) is 3.51. The number of imidazole rings is 1. The highest BCUT2D eigenvalue weighted by atomic mass is 19.1. The average Bonchev–Trinajstić information content (AvgIpc) is 3.06. The molecule has 1 aliphatic heterocycles. The van der Waals surface area contributed by atoms with E-state index in [1.54, 1.807) is 27.9 Å². The van der Waals surface area contributed by atoms with Gasteiger partial charge in [-0.1, -0.05) is 0 Å². The zero-order valence-electron chi connectivity index (χ0n) is 14.4. The Bertz CT molecular complexity index is 762. The van der Waals surface area contributed by atoms with Gasteiger partial charge in [0.05, 0.1) is 12.7 Å². The van der Waals surface area contributed by atoms with Crippen LogP contribution in [0.4, 0.5) is 4.39 Å². The Morgan fingerprint density at radius 2 is 2.28 bits per heavy atom. The number of likely N-dealkylation sites (tertiary alicyclic amines) is 1. The van der Waals surface area contributed by atoms with Crippen LogP contribution in [0.5, 0.6) is 5.75 Å². The molecule has 134 valence electrons. The van der Waals surface area contributed by atoms with Crippen molar-refractivity contribution in [3.05, 3.63) is 47.8 Å². The number of piperidine rings is 1. The SMILES string of the molecule is COc1ccc(C(=O)N2CCCC(C(O)c3nccn3C)C2)c(F)c1. The van der Waals surface area contributed by atoms with Gasteiger partial charge in [-0.3, -0.25) is 4.79 Å². The number of carbonyl (C=O) groups excluding carboxylic acids is 1. The lowest BCUT2D eigenvalue weighted by Crippen LogP contribution is -2.42. The van der Waals surface area contributed by atoms with Gasteiger partial charge in [0, 0.05) is 44.5 Å². The van der Waals surface area contributed by atoms with E-state index in [2.05, 4.69) is 4.98 Å². The number of aliphatic hydroxyl groups excluding tert-OH is 1. The molecular formula is C18H22FN3O3. The number of rotatable bonds is 4. The fourth-order valence-electron chi connectivity index (χ4n) is 3.29. The van der Waals surface area contributed by atoms with Crippen LogP contribution < -0.4 is 4.74 Å². The number of ether oxygens (including phenoxy) is 1. The molecule has 1 N–H and O–H groups in total. The maximum Gasteiger partial charge on any atom is 0.256 e. The molecule has 7 heteroatoms. The number of carbonyl (C=O) groups is 1. The first-order chi connectivity index (χ1) is 12.0. The predicted octanol–water partition coefficient (Wildman–Crippen LogP) is 2.15. The van der Waals surface area contributed by atoms with Crippen LogP contribution in [0.3, 0.4) is 0 Å². The van der Waals surface area contributed by atoms with Crippen molar-refractivity contribution in [1.82, 2.24) is 14.5 Å². The van der Waals surface area contributed by atoms with Gasteiger partial charge in [-0.2, -0.15) is 0 Å². The number of aliphatic hydroxyl groups is 1. The van der Waals surface area contributed by atoms with Gasteiger partial charge in [0.1, 0.15) is 23.5 Å². The van der Waals surface area contributed by atoms with Crippen LogP contribution in [-0.2, 0) is 7.05 Å². The van der Waals surface area contributed by atoms with E-state index >= 15 is 0 Å². The third-order valence-corrected chi connectivity index (χ3v) is 4.72. The Balaban J connectivity index is 1.75. The van der Waals surface area contributed by atoms with Crippen molar-refractivity contribution in [1.29, 1.82) is 0 Å². The standard InChI is InChI=1S/C18H22FN3O3/c1-21-9-7-20-17(21)16(23)12-4-3-8-22(11-12)18(24)14-6-5-13(25-2)10-15(14)19/h5-7,9-10,12,16,23H,3-4,8,11H2,1-2H3. The molecule has 0 radical (unpaired) electrons. The molecule has 0 saturated carbocycles. The highest BCUT2D eigenvalue weighted by Crippen LogP contribution is 2.30. The van der Waals surface area contributed by atoms with E-state index in [1.807, 2.05) is 7.05 Å². The summed E-state index contributed by atoms with van der Waals surface area (Å²) >= 11 is 0. The Hall–Kier alpha value is -2.41. The minimum absolute atomic E-state index is 0.0212. The van der Waals surface area contributed by atoms with Crippen LogP contribution in [0.2, 0.25) is 0 Å². The van der Waals surface area contributed by atoms with Crippen molar-refractivity contribution in [2.24, 2.45) is 13.0 Å². The molecule has 2 heterocycles. The highest BCUT2D eigenvalue weighted by Gasteiger charge is 2.32. The summed E-state index contributed by atoms with van der Waals surface area (Å²) in [6.45, 7) is 0.923. The zero-order chi connectivity index (χ0) is 18.0. The smallest absolute Gasteiger partial charge is 0.256 e. The topological polar surface area (TPSA) is 67.6 Å². The van der Waals surface area contributed by atoms with Crippen molar-refractivity contribution >= 4 is 5.91 Å². The van der Waals surface area contributed by atoms with Gasteiger partial charge in [-0.05, 0) is 25.0 Å². The summed E-state index contributed by atoms with van der Waals surface area (Å²) in [4.78, 5) is 18.5. The second-order valence-electron chi connectivity index (χ2n) is 6.34. The van der Waals surface area contributed by atoms with Crippen molar-refractivity contribution < 1.29 is 19.0 Å². The summed E-state index contributed by atoms with van der Waals surface area (Å²) in [5, 5.41) is 10.6. The molecule has 3 rings (SSSR count). The number of aromatic nitrogens is 2. The predicted molar refractivity (Wildman–Crippen MR) is 89.7 cm³/mol. The van der Waals surface area contributed by atoms with Gasteiger partial charge >= 0.3 is 0 Å². The Morgan fingerprint density at radius 1 is 1.48 bits per heavy atom. The molecule has 1 aliphatic rings. The monoisotopic (exact) mass is 347 g/mol. The van der Waals surface area contributed by atoms with Crippen LogP contribution in [-0.4, -0.2) is 45.7 Å². The van der Waals surface area contributed by atoms with Crippen LogP contribution in [0.25, 0.3) is 0 Å². The molecule has 0 aliphatic carbocycles. The molecule has 0 spiro atoms. The quantitative estimate of drug-likeness (QED) is 0.920. The summed E-state index contributed by atoms with van der Waals surface area (Å²) in [5.74, 6) is -0.140. The summed E-state index contributed by atoms with van der Waals surface area (Å²) in [5.41, 5.74) is 0.0212. The van der Waals surface area contributed by atoms with Crippen LogP contribution in [0.1, 0.15) is 35.1 Å². The first-order valence-corrected chi connectivity index (χ1v) is 8.29. The Kier molecular flexibility index (Phi) is 5.03. The number of hydrogen-bond donors (Lipinski definition) is 1. The lowest BCUT2D eigenvalue weighted by atomic mass is 9.91. The largest absolute Gasteiger partial charge is 0.497 e. The van der Waals surface area contributed by atoms with Gasteiger partial charge in [0.2, 0.25) is 0 Å². The molecule has 1 fully saturated rings. The lowest BCUT2D eigenvalue weighted by molar-refractivity contribution is 0.0356. The average molecular weight is 347 g/mol. The summed E-state index contributed by atoms with van der Waals surface area (Å²) in [6, 6.07) is 4.22. The van der Waals surface area contributed by atoms with Crippen molar-refractivity contribution in [3.8, 4) is 5.75 Å². The van der Waals surface area contributed by atoms with Gasteiger partial charge < -0.3 is 19.3 Å². The maximum absolute atomic E-state index is 14.2. The maximum atomic E-state index is 14.2. The first-order valence-electron chi connectivity index (χ1n) is 8.29. The molecule has 6 nitrogen and oxygen atoms in total. The van der Waals surface area contributed by atoms with Crippen LogP contribution in [0, 0.1) is 11.7 Å². The third-order valence-electron chi connectivity index (χ3n) is 4.72. The van der Waals surface area contributed by atoms with E-state index in [1.165, 1.54) is 19.2 Å². The van der Waals surface area contributed by atoms with E-state index in [0.717, 1.165) is 12.8 Å². The molecule has 1 saturated heterocycles. The van der Waals surface area contributed by atoms with Gasteiger partial charge in [0.25, 0.3) is 5.91 Å². The van der Waals surface area contributed by atoms with E-state index in [9.17, 15) is 14.3 Å². The molecular weight excluding hydrogens is 325 g/mol. The first kappa shape index (κ1) is 17.4. The number of amides is 1. The molecule has 2 aromatic rings. The highest BCUT2D eigenvalue weighted by molar-refractivity contribution is 5.94. The fraction of sp³-hybridized carbons (Fsp3) is 0.444. The summed E-state index contributed by atoms with van der Waals surface area (Å²) < 4.78 is 20.9.